The molecule has 1 aliphatic carbocycles. The molecule has 0 saturated carbocycles. The Hall–Kier alpha value is -13.2. The average Bonchev–Trinajstić information content (AvgIpc) is 1.57. The zero-order valence-corrected chi connectivity index (χ0v) is 76.7. The van der Waals surface area contributed by atoms with Gasteiger partial charge in [-0.15, -0.1) is 0 Å². The van der Waals surface area contributed by atoms with Gasteiger partial charge in [0, 0.05) is 129 Å². The van der Waals surface area contributed by atoms with Gasteiger partial charge in [-0.25, -0.2) is 0 Å². The Kier molecular flexibility index (Phi) is 36.0. The third-order valence-electron chi connectivity index (χ3n) is 22.2. The summed E-state index contributed by atoms with van der Waals surface area (Å²) in [6.07, 6.45) is 14.8. The van der Waals surface area contributed by atoms with Crippen LogP contribution in [0.1, 0.15) is 149 Å². The largest absolute Gasteiger partial charge is 1.00 e. The van der Waals surface area contributed by atoms with E-state index in [9.17, 15) is 48.3 Å². The number of hydrogen-bond donors (Lipinski definition) is 0. The number of allylic oxidation sites excluding steroid dienone is 7. The summed E-state index contributed by atoms with van der Waals surface area (Å²) in [5.74, 6) is -0.628. The number of halogens is 1. The first-order chi connectivity index (χ1) is 59.6. The predicted octanol–water partition coefficient (Wildman–Crippen LogP) is 10.5. The van der Waals surface area contributed by atoms with Gasteiger partial charge in [0.15, 0.2) is 23.0 Å². The van der Waals surface area contributed by atoms with Crippen LogP contribution in [-0.4, -0.2) is 94.5 Å². The van der Waals surface area contributed by atoms with Crippen molar-refractivity contribution in [3.63, 3.8) is 0 Å². The molecule has 0 bridgehead atoms. The summed E-state index contributed by atoms with van der Waals surface area (Å²) in [6, 6.07) is 56.9. The van der Waals surface area contributed by atoms with Gasteiger partial charge in [-0.3, -0.25) is 43.2 Å². The maximum Gasteiger partial charge on any atom is 0.325 e. The summed E-state index contributed by atoms with van der Waals surface area (Å²) in [7, 11) is 0. The van der Waals surface area contributed by atoms with Gasteiger partial charge in [0.1, 0.15) is 26.2 Å². The number of anilines is 4. The number of Topliss-reactive ketones (excluding diaryl/α,β-unsaturated/α-hetero) is 1. The zero-order chi connectivity index (χ0) is 89.4. The van der Waals surface area contributed by atoms with Crippen LogP contribution >= 0.6 is 0 Å². The molecule has 16 rings (SSSR count). The van der Waals surface area contributed by atoms with Crippen LogP contribution in [-0.2, 0) is 47.8 Å². The number of carbonyl (C=O) groups excluding carboxylic acids is 3. The molecule has 0 saturated heterocycles. The van der Waals surface area contributed by atoms with Gasteiger partial charge in [0.25, 0.3) is 21.7 Å². The number of para-hydroxylation sites is 6. The number of ether oxygens (including phenoxy) is 6. The highest BCUT2D eigenvalue weighted by molar-refractivity contribution is 6.23. The molecule has 4 N–H and O–H groups in total. The number of benzene rings is 6. The summed E-state index contributed by atoms with van der Waals surface area (Å²) < 4.78 is 35.0. The second kappa shape index (κ2) is 45.3. The Balaban J connectivity index is 0.000000218. The van der Waals surface area contributed by atoms with Crippen molar-refractivity contribution in [2.45, 2.75) is 135 Å². The van der Waals surface area contributed by atoms with Crippen molar-refractivity contribution in [2.24, 2.45) is 0 Å². The summed E-state index contributed by atoms with van der Waals surface area (Å²) in [6.45, 7) is 39.3. The molecule has 4 aliphatic heterocycles. The smallest absolute Gasteiger partial charge is 0.325 e. The molecule has 25 heteroatoms. The van der Waals surface area contributed by atoms with Gasteiger partial charge < -0.3 is 88.1 Å². The van der Waals surface area contributed by atoms with Gasteiger partial charge >= 0.3 is 11.9 Å². The van der Waals surface area contributed by atoms with E-state index in [0.29, 0.717) is 50.7 Å². The molecule has 24 nitrogen and oxygen atoms in total. The Bertz CT molecular complexity index is 6180. The second-order valence-electron chi connectivity index (χ2n) is 30.3. The number of likely N-dealkylation sites (N-methyl/N-ethyl adjacent to an activating group) is 2. The van der Waals surface area contributed by atoms with Crippen LogP contribution in [0.25, 0.3) is 52.2 Å². The number of rotatable bonds is 22. The Labute approximate surface area is 763 Å². The molecule has 128 heavy (non-hydrogen) atoms. The van der Waals surface area contributed by atoms with Crippen molar-refractivity contribution in [2.75, 3.05) is 85.4 Å². The highest BCUT2D eigenvalue weighted by Crippen LogP contribution is 2.50. The SMILES string of the molecule is C.C=C1N(CC(=O)OCC)c2ccccc2C1(C)C.CCOC(=O)CN1C(=CC2=C([O-])C(=Cc3ccc4ccccc4[n+]3CC)C2=O)C(C)(C)c2ccccc21.CCOc1c(/C=C2\C=Cc3ccccc3N2CC)c(=O)c1=O.CCOc1c(/C=C2\C=Cc3ccccc3N2CC)c(=O)c1=O.CCOc1c(OCC)c(=O)c1=O.CC[n+]1c(C)ccc2ccccc21.O.O.[I-]. The molecule has 0 atom stereocenters. The number of hydrogen-bond acceptors (Lipinski definition) is 20. The molecule has 11 aromatic rings. The van der Waals surface area contributed by atoms with Crippen LogP contribution in [0.4, 0.5) is 22.7 Å². The highest BCUT2D eigenvalue weighted by Gasteiger charge is 2.43. The van der Waals surface area contributed by atoms with Gasteiger partial charge in [-0.2, -0.15) is 9.13 Å². The lowest BCUT2D eigenvalue weighted by atomic mass is 9.80. The number of carbonyl (C=O) groups is 3. The molecule has 0 spiro atoms. The Morgan fingerprint density at radius 3 is 1.24 bits per heavy atom. The standard InChI is InChI=1S/C31H30N2O4.2C18H17NO3.C15H19NO2.C12H14N.C8H10O4.CH4.HI.2H2O/c1-5-32-21(16-15-20-11-7-9-13-25(20)32)17-22-29(35)23(30(22)36)18-27-31(3,4)24-12-8-10-14-26(24)33(27)19-28(34)37-6-2;2*1-3-19-13(10-9-12-7-5-6-8-15(12)19)11-14-16(20)17(21)18(14)22-4-2;1-5-18-14(17)10-16-11(2)15(3,4)12-8-6-7-9-13(12)16;1-3-13-10(2)8-9-11-6-4-5-7-12(11)13;1-3-11-7-5(9)6(10)8(7)12-4-2;;;;/h7-18H,5-6,19H2,1-4H3;2*5-11H,3-4H2,1-2H3;6-9H,2,5,10H2,1,3-4H3;4-9H,3H2,1-2H3;3-4H2,1-2H3;1H4;1H;2*1H2/q;;;;+1;;;;;/p-1/b;2*13-11+;;;;;;;. The topological polar surface area (TPSA) is 316 Å². The lowest BCUT2D eigenvalue weighted by Gasteiger charge is -2.32. The maximum atomic E-state index is 13.3. The first kappa shape index (κ1) is 102. The van der Waals surface area contributed by atoms with Crippen molar-refractivity contribution in [3.8, 4) is 23.0 Å². The molecular formula is C103H115IN6O18. The number of aryl methyl sites for hydroxylation is 3. The molecule has 0 radical (unpaired) electrons. The van der Waals surface area contributed by atoms with E-state index in [2.05, 4.69) is 110 Å². The fraction of sp³-hybridized carbons (Fsp3) is 0.291. The number of aromatic nitrogens is 2. The quantitative estimate of drug-likeness (QED) is 0.0200. The minimum Gasteiger partial charge on any atom is -1.00 e. The van der Waals surface area contributed by atoms with E-state index in [1.807, 2.05) is 189 Å². The number of nitrogens with zero attached hydrogens (tertiary/aromatic N) is 6. The second-order valence-corrected chi connectivity index (χ2v) is 30.3. The molecule has 9 aromatic carbocycles. The molecule has 2 aromatic heterocycles. The van der Waals surface area contributed by atoms with E-state index in [-0.39, 0.29) is 125 Å². The van der Waals surface area contributed by atoms with Gasteiger partial charge in [-0.05, 0) is 170 Å². The number of esters is 2. The Morgan fingerprint density at radius 2 is 0.805 bits per heavy atom. The molecule has 672 valence electrons. The number of ketones is 1. The van der Waals surface area contributed by atoms with Crippen LogP contribution in [0.15, 0.2) is 263 Å². The van der Waals surface area contributed by atoms with Gasteiger partial charge in [0.2, 0.25) is 39.1 Å². The van der Waals surface area contributed by atoms with Crippen molar-refractivity contribution < 1.29 is 92.0 Å². The number of fused-ring (bicyclic) bond motifs is 6. The number of pyridine rings is 2. The zero-order valence-electron chi connectivity index (χ0n) is 74.6. The van der Waals surface area contributed by atoms with Crippen LogP contribution in [0.2, 0.25) is 0 Å². The molecule has 6 heterocycles. The fourth-order valence-electron chi connectivity index (χ4n) is 15.8. The Morgan fingerprint density at radius 1 is 0.422 bits per heavy atom. The maximum absolute atomic E-state index is 13.3. The van der Waals surface area contributed by atoms with E-state index < -0.39 is 38.0 Å². The third kappa shape index (κ3) is 21.0. The molecular weight excluding hydrogens is 1740 g/mol. The predicted molar refractivity (Wildman–Crippen MR) is 504 cm³/mol. The summed E-state index contributed by atoms with van der Waals surface area (Å²) >= 11 is 0. The van der Waals surface area contributed by atoms with Crippen LogP contribution in [0.5, 0.6) is 23.0 Å². The summed E-state index contributed by atoms with van der Waals surface area (Å²) in [5, 5.41) is 15.7. The van der Waals surface area contributed by atoms with Crippen LogP contribution in [0.3, 0.4) is 0 Å². The monoisotopic (exact) mass is 1850 g/mol. The normalized spacial score (nSPS) is 15.0. The van der Waals surface area contributed by atoms with Gasteiger partial charge in [-0.1, -0.05) is 157 Å². The van der Waals surface area contributed by atoms with Crippen LogP contribution in [0, 0.1) is 6.92 Å². The third-order valence-corrected chi connectivity index (χ3v) is 22.2. The lowest BCUT2D eigenvalue weighted by molar-refractivity contribution is -0.673. The minimum absolute atomic E-state index is 0. The summed E-state index contributed by atoms with van der Waals surface area (Å²) in [5.41, 5.74) is 13.8. The van der Waals surface area contributed by atoms with Crippen molar-refractivity contribution in [1.29, 1.82) is 0 Å². The van der Waals surface area contributed by atoms with E-state index >= 15 is 0 Å². The van der Waals surface area contributed by atoms with E-state index in [0.717, 1.165) is 98.5 Å². The molecule has 0 fully saturated rings. The molecule has 0 amide bonds. The van der Waals surface area contributed by atoms with E-state index in [1.165, 1.54) is 22.2 Å². The van der Waals surface area contributed by atoms with Crippen molar-refractivity contribution in [3.05, 3.63) is 340 Å². The van der Waals surface area contributed by atoms with E-state index in [4.69, 9.17) is 28.4 Å². The average molecular weight is 1850 g/mol. The first-order valence-electron chi connectivity index (χ1n) is 42.1. The first-order valence-corrected chi connectivity index (χ1v) is 42.1. The van der Waals surface area contributed by atoms with Gasteiger partial charge in [0.05, 0.1) is 50.8 Å². The van der Waals surface area contributed by atoms with Crippen LogP contribution < -0.4 is 109 Å². The lowest BCUT2D eigenvalue weighted by Crippen LogP contribution is -3.00. The van der Waals surface area contributed by atoms with E-state index in [1.54, 1.807) is 58.9 Å². The molecule has 5 aliphatic rings. The van der Waals surface area contributed by atoms with Crippen molar-refractivity contribution >= 4 is 92.7 Å². The minimum atomic E-state index is -0.583. The molecule has 0 unspecified atom stereocenters. The fourth-order valence-corrected chi connectivity index (χ4v) is 15.8. The highest BCUT2D eigenvalue weighted by atomic mass is 127. The van der Waals surface area contributed by atoms with Crippen molar-refractivity contribution in [1.82, 2.24) is 0 Å². The summed E-state index contributed by atoms with van der Waals surface area (Å²) in [4.78, 5) is 114.